The molecule has 0 aromatic heterocycles. The van der Waals surface area contributed by atoms with Gasteiger partial charge in [-0.3, -0.25) is 9.69 Å². The molecule has 0 atom stereocenters. The van der Waals surface area contributed by atoms with E-state index in [9.17, 15) is 4.79 Å². The minimum atomic E-state index is 0.0109. The highest BCUT2D eigenvalue weighted by Crippen LogP contribution is 2.29. The second-order valence-corrected chi connectivity index (χ2v) is 7.00. The molecule has 1 amide bonds. The third-order valence-electron chi connectivity index (χ3n) is 4.21. The minimum absolute atomic E-state index is 0.0109. The molecule has 8 heteroatoms. The number of methoxy groups -OCH3 is 2. The summed E-state index contributed by atoms with van der Waals surface area (Å²) >= 11 is 1.37. The molecule has 152 valence electrons. The molecule has 1 aliphatic heterocycles. The molecule has 0 saturated carbocycles. The minimum Gasteiger partial charge on any atom is -0.494 e. The molecule has 1 fully saturated rings. The monoisotopic (exact) mass is 413 g/mol. The third-order valence-corrected chi connectivity index (χ3v) is 5.16. The van der Waals surface area contributed by atoms with Crippen molar-refractivity contribution in [2.45, 2.75) is 13.5 Å². The predicted molar refractivity (Wildman–Crippen MR) is 115 cm³/mol. The van der Waals surface area contributed by atoms with Crippen molar-refractivity contribution in [3.05, 3.63) is 53.6 Å². The lowest BCUT2D eigenvalue weighted by atomic mass is 10.2. The molecule has 1 heterocycles. The summed E-state index contributed by atoms with van der Waals surface area (Å²) in [4.78, 5) is 13.9. The molecule has 0 aliphatic carbocycles. The Balaban J connectivity index is 1.74. The maximum absolute atomic E-state index is 12.3. The van der Waals surface area contributed by atoms with Gasteiger partial charge >= 0.3 is 0 Å². The first-order chi connectivity index (χ1) is 14.2. The van der Waals surface area contributed by atoms with Crippen LogP contribution in [0.4, 0.5) is 0 Å². The summed E-state index contributed by atoms with van der Waals surface area (Å²) in [6, 6.07) is 13.2. The number of amides is 1. The zero-order chi connectivity index (χ0) is 20.6. The number of hydrogen-bond donors (Lipinski definition) is 0. The van der Waals surface area contributed by atoms with Crippen molar-refractivity contribution in [2.24, 2.45) is 10.2 Å². The fourth-order valence-corrected chi connectivity index (χ4v) is 3.66. The van der Waals surface area contributed by atoms with Crippen molar-refractivity contribution in [2.75, 3.05) is 26.6 Å². The Hall–Kier alpha value is -3.00. The molecule has 1 aliphatic rings. The van der Waals surface area contributed by atoms with E-state index in [2.05, 4.69) is 10.2 Å². The maximum Gasteiger partial charge on any atom is 0.239 e. The Morgan fingerprint density at radius 3 is 2.62 bits per heavy atom. The Labute approximate surface area is 174 Å². The Morgan fingerprint density at radius 1 is 1.14 bits per heavy atom. The van der Waals surface area contributed by atoms with Gasteiger partial charge in [0.1, 0.15) is 5.75 Å². The highest BCUT2D eigenvalue weighted by molar-refractivity contribution is 8.15. The van der Waals surface area contributed by atoms with Crippen molar-refractivity contribution in [1.82, 2.24) is 4.90 Å². The molecule has 0 unspecified atom stereocenters. The standard InChI is InChI=1S/C21H23N3O4S/c1-4-28-17-10-8-15(9-11-17)13-24-19(25)14-29-21(24)23-22-12-16-6-5-7-18(26-2)20(16)27-3/h5-12H,4,13-14H2,1-3H3/b22-12-,23-21+. The van der Waals surface area contributed by atoms with Gasteiger partial charge in [-0.2, -0.15) is 5.10 Å². The van der Waals surface area contributed by atoms with Gasteiger partial charge in [-0.15, -0.1) is 5.10 Å². The number of thioether (sulfide) groups is 1. The van der Waals surface area contributed by atoms with Crippen LogP contribution in [0.25, 0.3) is 0 Å². The molecule has 29 heavy (non-hydrogen) atoms. The van der Waals surface area contributed by atoms with E-state index in [-0.39, 0.29) is 5.91 Å². The molecule has 0 radical (unpaired) electrons. The van der Waals surface area contributed by atoms with E-state index in [0.717, 1.165) is 16.9 Å². The normalized spacial score (nSPS) is 15.3. The Bertz CT molecular complexity index is 913. The summed E-state index contributed by atoms with van der Waals surface area (Å²) in [5.74, 6) is 2.38. The summed E-state index contributed by atoms with van der Waals surface area (Å²) in [5.41, 5.74) is 1.74. The fraction of sp³-hybridized carbons (Fsp3) is 0.286. The molecule has 0 N–H and O–H groups in total. The fourth-order valence-electron chi connectivity index (χ4n) is 2.82. The molecule has 0 bridgehead atoms. The second kappa shape index (κ2) is 9.97. The van der Waals surface area contributed by atoms with Crippen LogP contribution in [-0.2, 0) is 11.3 Å². The number of amidine groups is 1. The van der Waals surface area contributed by atoms with Gasteiger partial charge in [0.05, 0.1) is 39.3 Å². The van der Waals surface area contributed by atoms with E-state index in [0.29, 0.717) is 35.6 Å². The summed E-state index contributed by atoms with van der Waals surface area (Å²) in [7, 11) is 3.16. The molecule has 1 saturated heterocycles. The molecular weight excluding hydrogens is 390 g/mol. The maximum atomic E-state index is 12.3. The van der Waals surface area contributed by atoms with Gasteiger partial charge in [0, 0.05) is 5.56 Å². The SMILES string of the molecule is CCOc1ccc(CN2C(=O)CS/C2=N/N=C\c2cccc(OC)c2OC)cc1. The first-order valence-electron chi connectivity index (χ1n) is 9.13. The van der Waals surface area contributed by atoms with Gasteiger partial charge in [-0.1, -0.05) is 30.0 Å². The summed E-state index contributed by atoms with van der Waals surface area (Å²) < 4.78 is 16.1. The van der Waals surface area contributed by atoms with Gasteiger partial charge in [0.25, 0.3) is 0 Å². The van der Waals surface area contributed by atoms with Crippen LogP contribution in [0.5, 0.6) is 17.2 Å². The number of nitrogens with zero attached hydrogens (tertiary/aromatic N) is 3. The number of carbonyl (C=O) groups is 1. The lowest BCUT2D eigenvalue weighted by Crippen LogP contribution is -2.28. The van der Waals surface area contributed by atoms with Crippen LogP contribution >= 0.6 is 11.8 Å². The van der Waals surface area contributed by atoms with Crippen LogP contribution in [0.1, 0.15) is 18.1 Å². The van der Waals surface area contributed by atoms with E-state index >= 15 is 0 Å². The second-order valence-electron chi connectivity index (χ2n) is 6.06. The van der Waals surface area contributed by atoms with E-state index in [4.69, 9.17) is 14.2 Å². The molecule has 7 nitrogen and oxygen atoms in total. The van der Waals surface area contributed by atoms with E-state index in [1.165, 1.54) is 11.8 Å². The molecule has 0 spiro atoms. The zero-order valence-corrected chi connectivity index (χ0v) is 17.4. The summed E-state index contributed by atoms with van der Waals surface area (Å²) in [6.45, 7) is 3.00. The highest BCUT2D eigenvalue weighted by atomic mass is 32.2. The van der Waals surface area contributed by atoms with E-state index in [1.54, 1.807) is 25.3 Å². The van der Waals surface area contributed by atoms with Crippen molar-refractivity contribution >= 4 is 29.1 Å². The van der Waals surface area contributed by atoms with Crippen LogP contribution in [0.15, 0.2) is 52.7 Å². The van der Waals surface area contributed by atoms with Crippen LogP contribution in [0, 0.1) is 0 Å². The van der Waals surface area contributed by atoms with E-state index < -0.39 is 0 Å². The van der Waals surface area contributed by atoms with E-state index in [1.807, 2.05) is 49.4 Å². The number of ether oxygens (including phenoxy) is 3. The smallest absolute Gasteiger partial charge is 0.239 e. The van der Waals surface area contributed by atoms with Crippen molar-refractivity contribution in [3.8, 4) is 17.2 Å². The van der Waals surface area contributed by atoms with Crippen LogP contribution in [0.2, 0.25) is 0 Å². The average molecular weight is 413 g/mol. The Morgan fingerprint density at radius 2 is 1.93 bits per heavy atom. The molecular formula is C21H23N3O4S. The van der Waals surface area contributed by atoms with Crippen LogP contribution in [0.3, 0.4) is 0 Å². The average Bonchev–Trinajstić information content (AvgIpc) is 3.08. The number of rotatable bonds is 8. The van der Waals surface area contributed by atoms with Crippen molar-refractivity contribution in [1.29, 1.82) is 0 Å². The van der Waals surface area contributed by atoms with Gasteiger partial charge in [0.2, 0.25) is 5.91 Å². The molecule has 2 aromatic carbocycles. The zero-order valence-electron chi connectivity index (χ0n) is 16.6. The predicted octanol–water partition coefficient (Wildman–Crippen LogP) is 3.57. The topological polar surface area (TPSA) is 72.7 Å². The van der Waals surface area contributed by atoms with Gasteiger partial charge < -0.3 is 14.2 Å². The lowest BCUT2D eigenvalue weighted by Gasteiger charge is -2.15. The third kappa shape index (κ3) is 5.08. The Kier molecular flexibility index (Phi) is 7.13. The summed E-state index contributed by atoms with van der Waals surface area (Å²) in [6.07, 6.45) is 1.59. The first kappa shape index (κ1) is 20.7. The van der Waals surface area contributed by atoms with Crippen LogP contribution in [-0.4, -0.2) is 48.8 Å². The number of carbonyl (C=O) groups excluding carboxylic acids is 1. The quantitative estimate of drug-likeness (QED) is 0.489. The van der Waals surface area contributed by atoms with Gasteiger partial charge in [-0.25, -0.2) is 0 Å². The number of para-hydroxylation sites is 1. The largest absolute Gasteiger partial charge is 0.494 e. The van der Waals surface area contributed by atoms with Crippen molar-refractivity contribution < 1.29 is 19.0 Å². The van der Waals surface area contributed by atoms with Gasteiger partial charge in [0.15, 0.2) is 16.7 Å². The summed E-state index contributed by atoms with van der Waals surface area (Å²) in [5, 5.41) is 8.99. The lowest BCUT2D eigenvalue weighted by molar-refractivity contribution is -0.124. The molecule has 2 aromatic rings. The van der Waals surface area contributed by atoms with Gasteiger partial charge in [-0.05, 0) is 36.8 Å². The highest BCUT2D eigenvalue weighted by Gasteiger charge is 2.28. The number of benzene rings is 2. The number of hydrogen-bond acceptors (Lipinski definition) is 7. The first-order valence-corrected chi connectivity index (χ1v) is 10.1. The molecule has 3 rings (SSSR count). The van der Waals surface area contributed by atoms with Crippen molar-refractivity contribution in [3.63, 3.8) is 0 Å². The van der Waals surface area contributed by atoms with Crippen LogP contribution < -0.4 is 14.2 Å².